The van der Waals surface area contributed by atoms with Gasteiger partial charge in [-0.3, -0.25) is 4.79 Å². The molecule has 28 heavy (non-hydrogen) atoms. The number of amides is 1. The van der Waals surface area contributed by atoms with Crippen LogP contribution in [0.3, 0.4) is 0 Å². The Hall–Kier alpha value is -3.08. The number of aryl methyl sites for hydroxylation is 2. The van der Waals surface area contributed by atoms with E-state index < -0.39 is 0 Å². The second-order valence-corrected chi connectivity index (χ2v) is 7.46. The normalized spacial score (nSPS) is 14.4. The molecular formula is C23H26N4O. The van der Waals surface area contributed by atoms with Crippen molar-refractivity contribution >= 4 is 11.6 Å². The van der Waals surface area contributed by atoms with Crippen molar-refractivity contribution in [2.45, 2.75) is 20.8 Å². The summed E-state index contributed by atoms with van der Waals surface area (Å²) in [5, 5.41) is 4.46. The molecule has 1 aliphatic heterocycles. The van der Waals surface area contributed by atoms with Gasteiger partial charge < -0.3 is 9.80 Å². The smallest absolute Gasteiger partial charge is 0.257 e. The predicted octanol–water partition coefficient (Wildman–Crippen LogP) is 3.76. The van der Waals surface area contributed by atoms with E-state index in [1.165, 1.54) is 16.8 Å². The van der Waals surface area contributed by atoms with Crippen molar-refractivity contribution in [3.8, 4) is 5.69 Å². The van der Waals surface area contributed by atoms with Crippen LogP contribution in [0.2, 0.25) is 0 Å². The maximum Gasteiger partial charge on any atom is 0.257 e. The molecule has 2 aromatic carbocycles. The highest BCUT2D eigenvalue weighted by molar-refractivity contribution is 5.95. The lowest BCUT2D eigenvalue weighted by molar-refractivity contribution is 0.0746. The van der Waals surface area contributed by atoms with Gasteiger partial charge in [-0.15, -0.1) is 0 Å². The monoisotopic (exact) mass is 374 g/mol. The molecule has 1 aromatic heterocycles. The van der Waals surface area contributed by atoms with Gasteiger partial charge in [-0.2, -0.15) is 5.10 Å². The minimum absolute atomic E-state index is 0.0697. The van der Waals surface area contributed by atoms with Crippen molar-refractivity contribution in [3.63, 3.8) is 0 Å². The number of hydrogen-bond donors (Lipinski definition) is 0. The zero-order valence-electron chi connectivity index (χ0n) is 16.7. The van der Waals surface area contributed by atoms with Gasteiger partial charge in [0.15, 0.2) is 0 Å². The molecule has 5 nitrogen and oxygen atoms in total. The third-order valence-electron chi connectivity index (χ3n) is 5.54. The van der Waals surface area contributed by atoms with E-state index in [2.05, 4.69) is 60.2 Å². The van der Waals surface area contributed by atoms with Crippen LogP contribution in [0.5, 0.6) is 0 Å². The Balaban J connectivity index is 1.47. The van der Waals surface area contributed by atoms with Gasteiger partial charge in [-0.25, -0.2) is 4.68 Å². The van der Waals surface area contributed by atoms with Crippen molar-refractivity contribution in [2.24, 2.45) is 0 Å². The molecule has 0 bridgehead atoms. The van der Waals surface area contributed by atoms with E-state index in [0.29, 0.717) is 5.56 Å². The molecule has 1 saturated heterocycles. The number of benzene rings is 2. The summed E-state index contributed by atoms with van der Waals surface area (Å²) >= 11 is 0. The van der Waals surface area contributed by atoms with Gasteiger partial charge in [0.05, 0.1) is 23.1 Å². The molecule has 0 N–H and O–H groups in total. The largest absolute Gasteiger partial charge is 0.368 e. The molecule has 0 unspecified atom stereocenters. The van der Waals surface area contributed by atoms with Crippen LogP contribution in [0, 0.1) is 20.8 Å². The van der Waals surface area contributed by atoms with Crippen LogP contribution in [0.1, 0.15) is 27.2 Å². The van der Waals surface area contributed by atoms with Crippen LogP contribution in [0.15, 0.2) is 54.7 Å². The first kappa shape index (κ1) is 18.3. The summed E-state index contributed by atoms with van der Waals surface area (Å²) in [6.45, 7) is 9.30. The number of hydrogen-bond acceptors (Lipinski definition) is 3. The minimum atomic E-state index is 0.0697. The zero-order chi connectivity index (χ0) is 19.7. The number of aromatic nitrogens is 2. The van der Waals surface area contributed by atoms with Crippen LogP contribution in [0.25, 0.3) is 5.69 Å². The third kappa shape index (κ3) is 3.40. The van der Waals surface area contributed by atoms with E-state index >= 15 is 0 Å². The second kappa shape index (κ2) is 7.50. The Bertz CT molecular complexity index is 982. The Morgan fingerprint density at radius 1 is 0.893 bits per heavy atom. The first-order valence-electron chi connectivity index (χ1n) is 9.76. The molecule has 0 spiro atoms. The fraction of sp³-hybridized carbons (Fsp3) is 0.304. The van der Waals surface area contributed by atoms with Crippen LogP contribution in [0.4, 0.5) is 5.69 Å². The van der Waals surface area contributed by atoms with Gasteiger partial charge in [0.1, 0.15) is 0 Å². The van der Waals surface area contributed by atoms with Crippen LogP contribution in [-0.4, -0.2) is 46.8 Å². The highest BCUT2D eigenvalue weighted by Crippen LogP contribution is 2.22. The molecule has 1 aliphatic rings. The summed E-state index contributed by atoms with van der Waals surface area (Å²) in [6.07, 6.45) is 1.70. The molecule has 3 aromatic rings. The van der Waals surface area contributed by atoms with Gasteiger partial charge in [-0.1, -0.05) is 35.9 Å². The summed E-state index contributed by atoms with van der Waals surface area (Å²) in [7, 11) is 0. The standard InChI is InChI=1S/C23H26N4O/c1-17-8-10-20(11-9-17)27-19(3)21(16-24-27)23(28)26-14-12-25(13-15-26)22-7-5-4-6-18(22)2/h4-11,16H,12-15H2,1-3H3. The van der Waals surface area contributed by atoms with E-state index in [9.17, 15) is 4.79 Å². The highest BCUT2D eigenvalue weighted by atomic mass is 16.2. The number of anilines is 1. The van der Waals surface area contributed by atoms with Crippen molar-refractivity contribution in [1.82, 2.24) is 14.7 Å². The molecule has 0 radical (unpaired) electrons. The summed E-state index contributed by atoms with van der Waals surface area (Å²) in [5.74, 6) is 0.0697. The second-order valence-electron chi connectivity index (χ2n) is 7.46. The number of piperazine rings is 1. The predicted molar refractivity (Wildman–Crippen MR) is 112 cm³/mol. The third-order valence-corrected chi connectivity index (χ3v) is 5.54. The SMILES string of the molecule is Cc1ccc(-n2ncc(C(=O)N3CCN(c4ccccc4C)CC3)c2C)cc1. The van der Waals surface area contributed by atoms with Crippen molar-refractivity contribution in [2.75, 3.05) is 31.1 Å². The lowest BCUT2D eigenvalue weighted by Gasteiger charge is -2.36. The van der Waals surface area contributed by atoms with Gasteiger partial charge >= 0.3 is 0 Å². The van der Waals surface area contributed by atoms with Crippen molar-refractivity contribution < 1.29 is 4.79 Å². The average Bonchev–Trinajstić information content (AvgIpc) is 3.10. The van der Waals surface area contributed by atoms with E-state index in [-0.39, 0.29) is 5.91 Å². The molecule has 0 atom stereocenters. The Kier molecular flexibility index (Phi) is 4.90. The van der Waals surface area contributed by atoms with E-state index in [4.69, 9.17) is 0 Å². The van der Waals surface area contributed by atoms with Crippen LogP contribution in [-0.2, 0) is 0 Å². The summed E-state index contributed by atoms with van der Waals surface area (Å²) in [5.41, 5.74) is 6.29. The van der Waals surface area contributed by atoms with Crippen molar-refractivity contribution in [1.29, 1.82) is 0 Å². The molecule has 0 aliphatic carbocycles. The molecule has 5 heteroatoms. The Labute approximate surface area is 166 Å². The fourth-order valence-electron chi connectivity index (χ4n) is 3.80. The van der Waals surface area contributed by atoms with Gasteiger partial charge in [0.25, 0.3) is 5.91 Å². The summed E-state index contributed by atoms with van der Waals surface area (Å²) < 4.78 is 1.84. The van der Waals surface area contributed by atoms with E-state index in [1.807, 2.05) is 28.6 Å². The first-order chi connectivity index (χ1) is 13.5. The zero-order valence-corrected chi connectivity index (χ0v) is 16.7. The average molecular weight is 374 g/mol. The van der Waals surface area contributed by atoms with Crippen LogP contribution >= 0.6 is 0 Å². The first-order valence-corrected chi connectivity index (χ1v) is 9.76. The highest BCUT2D eigenvalue weighted by Gasteiger charge is 2.25. The molecule has 1 fully saturated rings. The summed E-state index contributed by atoms with van der Waals surface area (Å²) in [4.78, 5) is 17.4. The lowest BCUT2D eigenvalue weighted by Crippen LogP contribution is -2.49. The quantitative estimate of drug-likeness (QED) is 0.701. The number of carbonyl (C=O) groups is 1. The number of nitrogens with zero attached hydrogens (tertiary/aromatic N) is 4. The number of carbonyl (C=O) groups excluding carboxylic acids is 1. The van der Waals surface area contributed by atoms with E-state index in [1.54, 1.807) is 6.20 Å². The molecule has 144 valence electrons. The molecule has 2 heterocycles. The lowest BCUT2D eigenvalue weighted by atomic mass is 10.1. The van der Waals surface area contributed by atoms with Gasteiger partial charge in [0.2, 0.25) is 0 Å². The molecule has 0 saturated carbocycles. The Morgan fingerprint density at radius 3 is 2.25 bits per heavy atom. The maximum absolute atomic E-state index is 13.1. The van der Waals surface area contributed by atoms with E-state index in [0.717, 1.165) is 37.6 Å². The van der Waals surface area contributed by atoms with Crippen LogP contribution < -0.4 is 4.90 Å². The molecule has 1 amide bonds. The number of para-hydroxylation sites is 1. The number of rotatable bonds is 3. The van der Waals surface area contributed by atoms with Gasteiger partial charge in [0, 0.05) is 31.9 Å². The topological polar surface area (TPSA) is 41.4 Å². The summed E-state index contributed by atoms with van der Waals surface area (Å²) in [6, 6.07) is 16.6. The molecular weight excluding hydrogens is 348 g/mol. The maximum atomic E-state index is 13.1. The molecule has 4 rings (SSSR count). The minimum Gasteiger partial charge on any atom is -0.368 e. The van der Waals surface area contributed by atoms with Gasteiger partial charge in [-0.05, 0) is 44.5 Å². The van der Waals surface area contributed by atoms with Crippen molar-refractivity contribution in [3.05, 3.63) is 77.1 Å². The fourth-order valence-corrected chi connectivity index (χ4v) is 3.80. The Morgan fingerprint density at radius 2 is 1.57 bits per heavy atom.